The van der Waals surface area contributed by atoms with E-state index in [1.165, 1.54) is 0 Å². The standard InChI is InChI=1S/C16H21ClN4O2/c1-11-10-18-2-3-21(11)16-19-13-8-12(17)9-14(15(13)23-16)20-4-6-22-7-5-20/h8-9,11,18H,2-7,10H2,1H3/t11-/m0/s1. The molecule has 0 bridgehead atoms. The molecule has 1 aromatic carbocycles. The van der Waals surface area contributed by atoms with Crippen molar-refractivity contribution in [1.29, 1.82) is 0 Å². The van der Waals surface area contributed by atoms with Crippen molar-refractivity contribution >= 4 is 34.4 Å². The molecule has 0 aliphatic carbocycles. The average Bonchev–Trinajstić information content (AvgIpc) is 2.99. The van der Waals surface area contributed by atoms with Crippen LogP contribution in [0.4, 0.5) is 11.7 Å². The van der Waals surface area contributed by atoms with Gasteiger partial charge < -0.3 is 24.3 Å². The summed E-state index contributed by atoms with van der Waals surface area (Å²) in [5.41, 5.74) is 2.65. The number of rotatable bonds is 2. The van der Waals surface area contributed by atoms with Crippen molar-refractivity contribution in [2.75, 3.05) is 55.7 Å². The fraction of sp³-hybridized carbons (Fsp3) is 0.562. The number of oxazole rings is 1. The van der Waals surface area contributed by atoms with Crippen molar-refractivity contribution < 1.29 is 9.15 Å². The first-order valence-electron chi connectivity index (χ1n) is 8.12. The number of anilines is 2. The summed E-state index contributed by atoms with van der Waals surface area (Å²) in [5.74, 6) is 0. The maximum absolute atomic E-state index is 6.30. The molecule has 2 aliphatic rings. The Labute approximate surface area is 140 Å². The van der Waals surface area contributed by atoms with Gasteiger partial charge in [0.25, 0.3) is 6.01 Å². The lowest BCUT2D eigenvalue weighted by atomic mass is 10.2. The Hall–Kier alpha value is -1.50. The van der Waals surface area contributed by atoms with E-state index in [9.17, 15) is 0 Å². The lowest BCUT2D eigenvalue weighted by molar-refractivity contribution is 0.123. The summed E-state index contributed by atoms with van der Waals surface area (Å²) in [4.78, 5) is 9.17. The second-order valence-corrected chi connectivity index (χ2v) is 6.55. The average molecular weight is 337 g/mol. The van der Waals surface area contributed by atoms with Crippen molar-refractivity contribution in [3.8, 4) is 0 Å². The monoisotopic (exact) mass is 336 g/mol. The number of hydrogen-bond donors (Lipinski definition) is 1. The second-order valence-electron chi connectivity index (χ2n) is 6.12. The highest BCUT2D eigenvalue weighted by Crippen LogP contribution is 2.34. The van der Waals surface area contributed by atoms with Gasteiger partial charge in [-0.3, -0.25) is 0 Å². The number of morpholine rings is 1. The summed E-state index contributed by atoms with van der Waals surface area (Å²) in [6.07, 6.45) is 0. The van der Waals surface area contributed by atoms with Crippen LogP contribution in [0.2, 0.25) is 5.02 Å². The van der Waals surface area contributed by atoms with Gasteiger partial charge in [0.05, 0.1) is 18.9 Å². The minimum absolute atomic E-state index is 0.360. The predicted molar refractivity (Wildman–Crippen MR) is 91.7 cm³/mol. The van der Waals surface area contributed by atoms with Crippen LogP contribution in [0.15, 0.2) is 16.5 Å². The molecule has 2 aromatic rings. The molecule has 4 rings (SSSR count). The first-order chi connectivity index (χ1) is 11.2. The third kappa shape index (κ3) is 2.86. The number of aromatic nitrogens is 1. The summed E-state index contributed by atoms with van der Waals surface area (Å²) in [6.45, 7) is 8.10. The number of nitrogens with one attached hydrogen (secondary N) is 1. The Bertz CT molecular complexity index is 699. The zero-order valence-corrected chi connectivity index (χ0v) is 14.0. The number of benzene rings is 1. The molecule has 0 spiro atoms. The molecule has 0 amide bonds. The van der Waals surface area contributed by atoms with E-state index >= 15 is 0 Å². The van der Waals surface area contributed by atoms with Crippen LogP contribution in [0.25, 0.3) is 11.1 Å². The highest BCUT2D eigenvalue weighted by Gasteiger charge is 2.25. The van der Waals surface area contributed by atoms with Gasteiger partial charge in [-0.1, -0.05) is 11.6 Å². The van der Waals surface area contributed by atoms with Gasteiger partial charge in [-0.25, -0.2) is 0 Å². The lowest BCUT2D eigenvalue weighted by Gasteiger charge is -2.32. The normalized spacial score (nSPS) is 22.8. The molecule has 1 aromatic heterocycles. The number of piperazine rings is 1. The van der Waals surface area contributed by atoms with E-state index in [1.807, 2.05) is 12.1 Å². The number of fused-ring (bicyclic) bond motifs is 1. The topological polar surface area (TPSA) is 53.8 Å². The third-order valence-corrected chi connectivity index (χ3v) is 4.74. The number of nitrogens with zero attached hydrogens (tertiary/aromatic N) is 3. The van der Waals surface area contributed by atoms with Gasteiger partial charge >= 0.3 is 0 Å². The molecule has 0 saturated carbocycles. The molecule has 23 heavy (non-hydrogen) atoms. The summed E-state index contributed by atoms with van der Waals surface area (Å²) in [6, 6.07) is 4.89. The molecule has 124 valence electrons. The molecular weight excluding hydrogens is 316 g/mol. The summed E-state index contributed by atoms with van der Waals surface area (Å²) in [7, 11) is 0. The first-order valence-corrected chi connectivity index (χ1v) is 8.50. The Morgan fingerprint density at radius 2 is 2.09 bits per heavy atom. The molecule has 1 atom stereocenters. The zero-order chi connectivity index (χ0) is 15.8. The molecule has 0 unspecified atom stereocenters. The molecule has 6 nitrogen and oxygen atoms in total. The smallest absolute Gasteiger partial charge is 0.298 e. The van der Waals surface area contributed by atoms with E-state index in [0.29, 0.717) is 17.1 Å². The minimum atomic E-state index is 0.360. The van der Waals surface area contributed by atoms with Crippen LogP contribution in [0, 0.1) is 0 Å². The molecule has 2 aliphatic heterocycles. The van der Waals surface area contributed by atoms with Crippen molar-refractivity contribution in [2.45, 2.75) is 13.0 Å². The highest BCUT2D eigenvalue weighted by atomic mass is 35.5. The van der Waals surface area contributed by atoms with Crippen molar-refractivity contribution in [3.05, 3.63) is 17.2 Å². The van der Waals surface area contributed by atoms with E-state index < -0.39 is 0 Å². The summed E-state index contributed by atoms with van der Waals surface area (Å²) >= 11 is 6.30. The zero-order valence-electron chi connectivity index (χ0n) is 13.2. The van der Waals surface area contributed by atoms with Crippen LogP contribution in [-0.2, 0) is 4.74 Å². The fourth-order valence-electron chi connectivity index (χ4n) is 3.26. The van der Waals surface area contributed by atoms with Crippen LogP contribution in [0.1, 0.15) is 6.92 Å². The van der Waals surface area contributed by atoms with Crippen LogP contribution >= 0.6 is 11.6 Å². The van der Waals surface area contributed by atoms with Gasteiger partial charge in [-0.15, -0.1) is 0 Å². The first kappa shape index (κ1) is 15.1. The Balaban J connectivity index is 1.75. The molecule has 2 fully saturated rings. The Morgan fingerprint density at radius 3 is 2.87 bits per heavy atom. The maximum Gasteiger partial charge on any atom is 0.298 e. The van der Waals surface area contributed by atoms with E-state index in [0.717, 1.165) is 62.7 Å². The van der Waals surface area contributed by atoms with Crippen molar-refractivity contribution in [2.24, 2.45) is 0 Å². The molecule has 0 radical (unpaired) electrons. The summed E-state index contributed by atoms with van der Waals surface area (Å²) < 4.78 is 11.6. The van der Waals surface area contributed by atoms with Gasteiger partial charge in [0.1, 0.15) is 5.52 Å². The highest BCUT2D eigenvalue weighted by molar-refractivity contribution is 6.31. The Morgan fingerprint density at radius 1 is 1.26 bits per heavy atom. The van der Waals surface area contributed by atoms with E-state index in [2.05, 4.69) is 22.0 Å². The SMILES string of the molecule is C[C@H]1CNCCN1c1nc2cc(Cl)cc(N3CCOCC3)c2o1. The largest absolute Gasteiger partial charge is 0.421 e. The molecule has 7 heteroatoms. The van der Waals surface area contributed by atoms with Crippen molar-refractivity contribution in [3.63, 3.8) is 0 Å². The maximum atomic E-state index is 6.30. The van der Waals surface area contributed by atoms with Crippen LogP contribution in [-0.4, -0.2) is 57.0 Å². The lowest BCUT2D eigenvalue weighted by Crippen LogP contribution is -2.50. The fourth-order valence-corrected chi connectivity index (χ4v) is 3.46. The van der Waals surface area contributed by atoms with Crippen LogP contribution in [0.5, 0.6) is 0 Å². The van der Waals surface area contributed by atoms with Gasteiger partial charge in [0.15, 0.2) is 5.58 Å². The number of hydrogen-bond acceptors (Lipinski definition) is 6. The Kier molecular flexibility index (Phi) is 4.05. The molecule has 2 saturated heterocycles. The van der Waals surface area contributed by atoms with Gasteiger partial charge in [-0.2, -0.15) is 4.98 Å². The van der Waals surface area contributed by atoms with E-state index in [4.69, 9.17) is 25.7 Å². The third-order valence-electron chi connectivity index (χ3n) is 4.52. The van der Waals surface area contributed by atoms with E-state index in [-0.39, 0.29) is 0 Å². The minimum Gasteiger partial charge on any atom is -0.421 e. The number of ether oxygens (including phenoxy) is 1. The second kappa shape index (κ2) is 6.19. The number of halogens is 1. The van der Waals surface area contributed by atoms with Gasteiger partial charge in [0, 0.05) is 43.8 Å². The summed E-state index contributed by atoms with van der Waals surface area (Å²) in [5, 5.41) is 4.07. The predicted octanol–water partition coefficient (Wildman–Crippen LogP) is 2.12. The van der Waals surface area contributed by atoms with Crippen molar-refractivity contribution in [1.82, 2.24) is 10.3 Å². The molecule has 3 heterocycles. The van der Waals surface area contributed by atoms with Crippen LogP contribution in [0.3, 0.4) is 0 Å². The van der Waals surface area contributed by atoms with E-state index in [1.54, 1.807) is 0 Å². The molecular formula is C16H21ClN4O2. The molecule has 1 N–H and O–H groups in total. The van der Waals surface area contributed by atoms with Gasteiger partial charge in [0.2, 0.25) is 0 Å². The van der Waals surface area contributed by atoms with Gasteiger partial charge in [-0.05, 0) is 19.1 Å². The van der Waals surface area contributed by atoms with Crippen LogP contribution < -0.4 is 15.1 Å². The quantitative estimate of drug-likeness (QED) is 0.906.